The molecule has 1 fully saturated rings. The molecule has 1 N–H and O–H groups in total. The summed E-state index contributed by atoms with van der Waals surface area (Å²) < 4.78 is 6.17. The van der Waals surface area contributed by atoms with Crippen LogP contribution in [0.2, 0.25) is 4.34 Å². The van der Waals surface area contributed by atoms with Crippen LogP contribution in [0, 0.1) is 0 Å². The van der Waals surface area contributed by atoms with Gasteiger partial charge in [0.15, 0.2) is 0 Å². The van der Waals surface area contributed by atoms with Crippen LogP contribution in [0.15, 0.2) is 40.8 Å². The van der Waals surface area contributed by atoms with E-state index in [1.807, 2.05) is 4.90 Å². The molecule has 4 rings (SSSR count). The predicted molar refractivity (Wildman–Crippen MR) is 104 cm³/mol. The monoisotopic (exact) mass is 417 g/mol. The van der Waals surface area contributed by atoms with Crippen LogP contribution in [-0.2, 0) is 6.54 Å². The Hall–Kier alpha value is -2.26. The maximum Gasteiger partial charge on any atom is 0.261 e. The molecule has 0 bridgehead atoms. The first-order valence-corrected chi connectivity index (χ1v) is 10.2. The summed E-state index contributed by atoms with van der Waals surface area (Å²) in [5.74, 6) is 0.400. The van der Waals surface area contributed by atoms with E-state index in [0.29, 0.717) is 21.0 Å². The molecule has 28 heavy (non-hydrogen) atoms. The molecule has 9 heteroatoms. The van der Waals surface area contributed by atoms with E-state index in [1.54, 1.807) is 36.4 Å². The number of carbonyl (C=O) groups excluding carboxylic acids is 1. The van der Waals surface area contributed by atoms with Gasteiger partial charge in [0.05, 0.1) is 15.8 Å². The molecule has 1 aliphatic heterocycles. The zero-order valence-electron chi connectivity index (χ0n) is 14.9. The molecule has 7 nitrogen and oxygen atoms in total. The first kappa shape index (κ1) is 19.1. The normalized spacial score (nSPS) is 15.6. The van der Waals surface area contributed by atoms with E-state index in [2.05, 4.69) is 15.5 Å². The van der Waals surface area contributed by atoms with Crippen LogP contribution in [0.25, 0.3) is 11.5 Å². The van der Waals surface area contributed by atoms with Gasteiger partial charge in [-0.1, -0.05) is 23.7 Å². The van der Waals surface area contributed by atoms with Crippen LogP contribution in [-0.4, -0.2) is 34.1 Å². The number of rotatable bonds is 6. The molecule has 0 aliphatic carbocycles. The lowest BCUT2D eigenvalue weighted by Gasteiger charge is -2.33. The average Bonchev–Trinajstić information content (AvgIpc) is 3.47. The summed E-state index contributed by atoms with van der Waals surface area (Å²) in [5.41, 5.74) is 1.46. The lowest BCUT2D eigenvalue weighted by molar-refractivity contribution is -0.464. The number of hydrogen-bond acceptors (Lipinski definition) is 7. The van der Waals surface area contributed by atoms with E-state index in [9.17, 15) is 9.90 Å². The van der Waals surface area contributed by atoms with Crippen LogP contribution < -0.4 is 10.4 Å². The van der Waals surface area contributed by atoms with Gasteiger partial charge in [0, 0.05) is 5.56 Å². The third-order valence-electron chi connectivity index (χ3n) is 4.58. The van der Waals surface area contributed by atoms with E-state index >= 15 is 0 Å². The topological polar surface area (TPSA) is 94.3 Å². The van der Waals surface area contributed by atoms with Crippen molar-refractivity contribution in [3.63, 3.8) is 0 Å². The highest BCUT2D eigenvalue weighted by Gasteiger charge is 2.16. The summed E-state index contributed by atoms with van der Waals surface area (Å²) in [5, 5.41) is 23.2. The van der Waals surface area contributed by atoms with E-state index in [0.717, 1.165) is 37.1 Å². The molecule has 0 spiro atoms. The van der Waals surface area contributed by atoms with Crippen molar-refractivity contribution >= 4 is 28.8 Å². The maximum atomic E-state index is 12.5. The summed E-state index contributed by atoms with van der Waals surface area (Å²) in [6.07, 6.45) is 1.32. The van der Waals surface area contributed by atoms with Gasteiger partial charge in [-0.2, -0.15) is 0 Å². The highest BCUT2D eigenvalue weighted by molar-refractivity contribution is 7.17. The van der Waals surface area contributed by atoms with Gasteiger partial charge in [-0.3, -0.25) is 4.79 Å². The number of thiophene rings is 1. The van der Waals surface area contributed by atoms with Gasteiger partial charge in [0.2, 0.25) is 11.8 Å². The van der Waals surface area contributed by atoms with Crippen molar-refractivity contribution in [1.29, 1.82) is 0 Å². The summed E-state index contributed by atoms with van der Waals surface area (Å²) in [6, 6.07) is 10.6. The average molecular weight is 418 g/mol. The molecule has 0 saturated carbocycles. The van der Waals surface area contributed by atoms with Crippen molar-refractivity contribution in [3.05, 3.63) is 57.1 Å². The van der Waals surface area contributed by atoms with E-state index in [1.165, 1.54) is 11.3 Å². The number of nitrogens with one attached hydrogen (secondary N) is 1. The number of hydrogen-bond donors (Lipinski definition) is 1. The van der Waals surface area contributed by atoms with Crippen LogP contribution in [0.3, 0.4) is 0 Å². The van der Waals surface area contributed by atoms with Crippen molar-refractivity contribution in [2.24, 2.45) is 0 Å². The van der Waals surface area contributed by atoms with Crippen molar-refractivity contribution in [2.75, 3.05) is 13.1 Å². The molecular formula is C19H18ClN4O3S-. The fourth-order valence-electron chi connectivity index (χ4n) is 3.10. The smallest absolute Gasteiger partial charge is 0.261 e. The number of benzene rings is 1. The molecular weight excluding hydrogens is 400 g/mol. The second kappa shape index (κ2) is 8.40. The summed E-state index contributed by atoms with van der Waals surface area (Å²) in [7, 11) is 0. The number of nitrogens with zero attached hydrogens (tertiary/aromatic N) is 3. The molecule has 3 heterocycles. The predicted octanol–water partition coefficient (Wildman–Crippen LogP) is 2.84. The zero-order chi connectivity index (χ0) is 19.5. The SMILES string of the molecule is O=C(NCc1nnc(-c2ccc(C([O-])N3CCCC3)cc2)o1)c1ccc(Cl)s1. The van der Waals surface area contributed by atoms with Gasteiger partial charge in [-0.15, -0.1) is 21.5 Å². The molecule has 1 saturated heterocycles. The van der Waals surface area contributed by atoms with Crippen molar-refractivity contribution in [2.45, 2.75) is 25.6 Å². The number of aromatic nitrogens is 2. The third kappa shape index (κ3) is 4.25. The zero-order valence-corrected chi connectivity index (χ0v) is 16.5. The van der Waals surface area contributed by atoms with Crippen molar-refractivity contribution < 1.29 is 14.3 Å². The van der Waals surface area contributed by atoms with Crippen LogP contribution >= 0.6 is 22.9 Å². The van der Waals surface area contributed by atoms with Gasteiger partial charge in [-0.25, -0.2) is 0 Å². The molecule has 0 radical (unpaired) electrons. The first-order valence-electron chi connectivity index (χ1n) is 8.96. The van der Waals surface area contributed by atoms with Crippen LogP contribution in [0.1, 0.15) is 40.2 Å². The van der Waals surface area contributed by atoms with Gasteiger partial charge < -0.3 is 19.7 Å². The molecule has 1 atom stereocenters. The summed E-state index contributed by atoms with van der Waals surface area (Å²) in [6.45, 7) is 1.83. The number of carbonyl (C=O) groups is 1. The molecule has 1 amide bonds. The number of halogens is 1. The molecule has 146 valence electrons. The molecule has 1 aliphatic rings. The second-order valence-electron chi connectivity index (χ2n) is 6.50. The standard InChI is InChI=1S/C19H18ClN4O3S/c20-15-8-7-14(28-15)17(25)21-11-16-22-23-18(27-16)12-3-5-13(6-4-12)19(26)24-9-1-2-10-24/h3-8,19H,1-2,9-11H2,(H,21,25)/q-1. The Bertz CT molecular complexity index is 950. The lowest BCUT2D eigenvalue weighted by Crippen LogP contribution is -2.34. The summed E-state index contributed by atoms with van der Waals surface area (Å²) >= 11 is 7.04. The summed E-state index contributed by atoms with van der Waals surface area (Å²) in [4.78, 5) is 14.5. The Balaban J connectivity index is 1.37. The molecule has 3 aromatic rings. The first-order chi connectivity index (χ1) is 13.6. The Morgan fingerprint density at radius 3 is 2.64 bits per heavy atom. The van der Waals surface area contributed by atoms with Gasteiger partial charge >= 0.3 is 0 Å². The second-order valence-corrected chi connectivity index (χ2v) is 8.22. The lowest BCUT2D eigenvalue weighted by atomic mass is 10.1. The maximum absolute atomic E-state index is 12.5. The highest BCUT2D eigenvalue weighted by atomic mass is 35.5. The Morgan fingerprint density at radius 1 is 1.21 bits per heavy atom. The van der Waals surface area contributed by atoms with E-state index < -0.39 is 6.23 Å². The Kier molecular flexibility index (Phi) is 5.72. The van der Waals surface area contributed by atoms with E-state index in [-0.39, 0.29) is 12.5 Å². The number of likely N-dealkylation sites (tertiary alicyclic amines) is 1. The quantitative estimate of drug-likeness (QED) is 0.662. The molecule has 1 aromatic carbocycles. The Morgan fingerprint density at radius 2 is 1.96 bits per heavy atom. The fraction of sp³-hybridized carbons (Fsp3) is 0.316. The van der Waals surface area contributed by atoms with Gasteiger partial charge in [0.1, 0.15) is 0 Å². The third-order valence-corrected chi connectivity index (χ3v) is 5.81. The van der Waals surface area contributed by atoms with Crippen molar-refractivity contribution in [1.82, 2.24) is 20.4 Å². The van der Waals surface area contributed by atoms with Gasteiger partial charge in [-0.05, 0) is 62.0 Å². The molecule has 2 aromatic heterocycles. The van der Waals surface area contributed by atoms with Crippen LogP contribution in [0.5, 0.6) is 0 Å². The Labute approximate surface area is 171 Å². The largest absolute Gasteiger partial charge is 0.837 e. The minimum Gasteiger partial charge on any atom is -0.837 e. The van der Waals surface area contributed by atoms with Crippen LogP contribution in [0.4, 0.5) is 0 Å². The fourth-order valence-corrected chi connectivity index (χ4v) is 4.06. The minimum absolute atomic E-state index is 0.122. The molecule has 1 unspecified atom stereocenters. The van der Waals surface area contributed by atoms with Gasteiger partial charge in [0.25, 0.3) is 5.91 Å². The highest BCUT2D eigenvalue weighted by Crippen LogP contribution is 2.24. The minimum atomic E-state index is -0.837. The number of amides is 1. The van der Waals surface area contributed by atoms with E-state index in [4.69, 9.17) is 16.0 Å². The van der Waals surface area contributed by atoms with Crippen molar-refractivity contribution in [3.8, 4) is 11.5 Å².